The first-order chi connectivity index (χ1) is 9.12. The molecule has 1 atom stereocenters. The van der Waals surface area contributed by atoms with E-state index in [1.165, 1.54) is 12.1 Å². The van der Waals surface area contributed by atoms with E-state index >= 15 is 0 Å². The Balaban J connectivity index is 2.85. The molecule has 6 heteroatoms. The molecule has 1 rings (SSSR count). The summed E-state index contributed by atoms with van der Waals surface area (Å²) in [5, 5.41) is 22.9. The van der Waals surface area contributed by atoms with Gasteiger partial charge < -0.3 is 10.1 Å². The Hall–Kier alpha value is -2.13. The molecule has 1 aromatic rings. The number of methoxy groups -OCH3 is 1. The van der Waals surface area contributed by atoms with E-state index in [4.69, 9.17) is 10.00 Å². The largest absolute Gasteiger partial charge is 0.385 e. The second-order valence-corrected chi connectivity index (χ2v) is 4.13. The molecule has 0 saturated carbocycles. The Morgan fingerprint density at radius 2 is 2.32 bits per heavy atom. The number of nitro groups is 1. The second kappa shape index (κ2) is 7.34. The van der Waals surface area contributed by atoms with Crippen LogP contribution in [0.15, 0.2) is 18.2 Å². The Morgan fingerprint density at radius 1 is 1.58 bits per heavy atom. The third-order valence-corrected chi connectivity index (χ3v) is 2.85. The van der Waals surface area contributed by atoms with Crippen LogP contribution in [0.25, 0.3) is 0 Å². The molecule has 0 radical (unpaired) electrons. The van der Waals surface area contributed by atoms with Crippen molar-refractivity contribution in [1.82, 2.24) is 0 Å². The molecular weight excluding hydrogens is 246 g/mol. The number of rotatable bonds is 7. The fourth-order valence-electron chi connectivity index (χ4n) is 1.75. The number of anilines is 1. The number of nitrogens with zero attached hydrogens (tertiary/aromatic N) is 2. The molecule has 1 unspecified atom stereocenters. The van der Waals surface area contributed by atoms with Crippen molar-refractivity contribution < 1.29 is 9.66 Å². The summed E-state index contributed by atoms with van der Waals surface area (Å²) in [6.45, 7) is 2.69. The zero-order chi connectivity index (χ0) is 14.3. The topological polar surface area (TPSA) is 88.2 Å². The zero-order valence-corrected chi connectivity index (χ0v) is 11.0. The van der Waals surface area contributed by atoms with Gasteiger partial charge in [0.25, 0.3) is 5.69 Å². The first kappa shape index (κ1) is 14.9. The molecule has 0 aliphatic heterocycles. The van der Waals surface area contributed by atoms with E-state index in [2.05, 4.69) is 5.32 Å². The maximum atomic E-state index is 10.7. The molecule has 0 aliphatic rings. The van der Waals surface area contributed by atoms with Crippen LogP contribution < -0.4 is 5.32 Å². The summed E-state index contributed by atoms with van der Waals surface area (Å²) in [6, 6.07) is 6.54. The molecule has 0 spiro atoms. The minimum absolute atomic E-state index is 0.0663. The number of benzene rings is 1. The molecule has 0 amide bonds. The van der Waals surface area contributed by atoms with E-state index in [1.54, 1.807) is 13.2 Å². The van der Waals surface area contributed by atoms with Gasteiger partial charge in [0.2, 0.25) is 0 Å². The van der Waals surface area contributed by atoms with E-state index < -0.39 is 4.92 Å². The maximum absolute atomic E-state index is 10.7. The van der Waals surface area contributed by atoms with Crippen molar-refractivity contribution in [2.75, 3.05) is 19.0 Å². The SMILES string of the molecule is CCC(CCOC)Nc1ccc([N+](=O)[O-])c(C#N)c1. The second-order valence-electron chi connectivity index (χ2n) is 4.13. The highest BCUT2D eigenvalue weighted by Crippen LogP contribution is 2.22. The van der Waals surface area contributed by atoms with Crippen LogP contribution in [0.3, 0.4) is 0 Å². The van der Waals surface area contributed by atoms with Gasteiger partial charge in [0.15, 0.2) is 0 Å². The predicted molar refractivity (Wildman–Crippen MR) is 72.0 cm³/mol. The summed E-state index contributed by atoms with van der Waals surface area (Å²) in [5.41, 5.74) is 0.611. The minimum atomic E-state index is -0.551. The molecule has 0 bridgehead atoms. The van der Waals surface area contributed by atoms with E-state index in [9.17, 15) is 10.1 Å². The molecule has 0 fully saturated rings. The number of nitro benzene ring substituents is 1. The van der Waals surface area contributed by atoms with E-state index in [1.807, 2.05) is 13.0 Å². The summed E-state index contributed by atoms with van der Waals surface area (Å²) in [7, 11) is 1.65. The van der Waals surface area contributed by atoms with Gasteiger partial charge in [-0.25, -0.2) is 0 Å². The van der Waals surface area contributed by atoms with Crippen LogP contribution in [0, 0.1) is 21.4 Å². The Bertz CT molecular complexity index is 483. The smallest absolute Gasteiger partial charge is 0.287 e. The number of ether oxygens (including phenoxy) is 1. The first-order valence-corrected chi connectivity index (χ1v) is 6.06. The molecule has 1 N–H and O–H groups in total. The average molecular weight is 263 g/mol. The summed E-state index contributed by atoms with van der Waals surface area (Å²) in [6.07, 6.45) is 1.74. The van der Waals surface area contributed by atoms with Crippen molar-refractivity contribution in [3.8, 4) is 6.07 Å². The highest BCUT2D eigenvalue weighted by molar-refractivity contribution is 5.58. The van der Waals surface area contributed by atoms with E-state index in [0.29, 0.717) is 12.3 Å². The van der Waals surface area contributed by atoms with Crippen molar-refractivity contribution in [3.63, 3.8) is 0 Å². The van der Waals surface area contributed by atoms with Crippen LogP contribution in [-0.4, -0.2) is 24.7 Å². The van der Waals surface area contributed by atoms with Gasteiger partial charge in [-0.3, -0.25) is 10.1 Å². The Labute approximate surface area is 112 Å². The molecule has 0 aromatic heterocycles. The molecule has 19 heavy (non-hydrogen) atoms. The minimum Gasteiger partial charge on any atom is -0.385 e. The summed E-state index contributed by atoms with van der Waals surface area (Å²) < 4.78 is 5.03. The summed E-state index contributed by atoms with van der Waals surface area (Å²) in [4.78, 5) is 10.2. The lowest BCUT2D eigenvalue weighted by Gasteiger charge is -2.17. The van der Waals surface area contributed by atoms with Gasteiger partial charge in [0.1, 0.15) is 11.6 Å². The highest BCUT2D eigenvalue weighted by atomic mass is 16.6. The van der Waals surface area contributed by atoms with E-state index in [-0.39, 0.29) is 17.3 Å². The predicted octanol–water partition coefficient (Wildman–Crippen LogP) is 2.69. The maximum Gasteiger partial charge on any atom is 0.287 e. The Kier molecular flexibility index (Phi) is 5.76. The van der Waals surface area contributed by atoms with Gasteiger partial charge in [-0.05, 0) is 25.0 Å². The number of nitrogens with one attached hydrogen (secondary N) is 1. The van der Waals surface area contributed by atoms with Gasteiger partial charge >= 0.3 is 0 Å². The lowest BCUT2D eigenvalue weighted by Crippen LogP contribution is -2.20. The van der Waals surface area contributed by atoms with Crippen molar-refractivity contribution >= 4 is 11.4 Å². The van der Waals surface area contributed by atoms with Gasteiger partial charge in [-0.1, -0.05) is 6.92 Å². The average Bonchev–Trinajstić information content (AvgIpc) is 2.42. The van der Waals surface area contributed by atoms with Gasteiger partial charge in [-0.2, -0.15) is 5.26 Å². The van der Waals surface area contributed by atoms with Crippen LogP contribution in [-0.2, 0) is 4.74 Å². The number of hydrogen-bond donors (Lipinski definition) is 1. The van der Waals surface area contributed by atoms with Crippen LogP contribution in [0.5, 0.6) is 0 Å². The normalized spacial score (nSPS) is 11.6. The third kappa shape index (κ3) is 4.23. The van der Waals surface area contributed by atoms with Crippen LogP contribution in [0.1, 0.15) is 25.3 Å². The van der Waals surface area contributed by atoms with Gasteiger partial charge in [0.05, 0.1) is 4.92 Å². The molecular formula is C13H17N3O3. The number of nitriles is 1. The molecule has 1 aromatic carbocycles. The third-order valence-electron chi connectivity index (χ3n) is 2.85. The molecule has 6 nitrogen and oxygen atoms in total. The summed E-state index contributed by atoms with van der Waals surface area (Å²) >= 11 is 0. The van der Waals surface area contributed by atoms with Crippen LogP contribution in [0.2, 0.25) is 0 Å². The summed E-state index contributed by atoms with van der Waals surface area (Å²) in [5.74, 6) is 0. The van der Waals surface area contributed by atoms with Crippen molar-refractivity contribution in [3.05, 3.63) is 33.9 Å². The standard InChI is InChI=1S/C13H17N3O3/c1-3-11(6-7-19-2)15-12-4-5-13(16(17)18)10(8-12)9-14/h4-5,8,11,15H,3,6-7H2,1-2H3. The fourth-order valence-corrected chi connectivity index (χ4v) is 1.75. The lowest BCUT2D eigenvalue weighted by molar-refractivity contribution is -0.385. The first-order valence-electron chi connectivity index (χ1n) is 6.06. The van der Waals surface area contributed by atoms with E-state index in [0.717, 1.165) is 12.8 Å². The van der Waals surface area contributed by atoms with Crippen molar-refractivity contribution in [1.29, 1.82) is 5.26 Å². The van der Waals surface area contributed by atoms with Gasteiger partial charge in [0, 0.05) is 31.5 Å². The van der Waals surface area contributed by atoms with Crippen LogP contribution >= 0.6 is 0 Å². The number of hydrogen-bond acceptors (Lipinski definition) is 5. The zero-order valence-electron chi connectivity index (χ0n) is 11.0. The quantitative estimate of drug-likeness (QED) is 0.603. The molecule has 0 heterocycles. The fraction of sp³-hybridized carbons (Fsp3) is 0.462. The van der Waals surface area contributed by atoms with Crippen LogP contribution in [0.4, 0.5) is 11.4 Å². The lowest BCUT2D eigenvalue weighted by atomic mass is 10.1. The van der Waals surface area contributed by atoms with Crippen molar-refractivity contribution in [2.24, 2.45) is 0 Å². The van der Waals surface area contributed by atoms with Gasteiger partial charge in [-0.15, -0.1) is 0 Å². The highest BCUT2D eigenvalue weighted by Gasteiger charge is 2.14. The Morgan fingerprint density at radius 3 is 2.84 bits per heavy atom. The van der Waals surface area contributed by atoms with Crippen molar-refractivity contribution in [2.45, 2.75) is 25.8 Å². The molecule has 0 aliphatic carbocycles. The molecule has 102 valence electrons. The molecule has 0 saturated heterocycles. The monoisotopic (exact) mass is 263 g/mol.